The summed E-state index contributed by atoms with van der Waals surface area (Å²) >= 11 is 7.46. The monoisotopic (exact) mass is 449 g/mol. The molecule has 1 fully saturated rings. The zero-order valence-corrected chi connectivity index (χ0v) is 18.1. The van der Waals surface area contributed by atoms with Crippen molar-refractivity contribution in [2.45, 2.75) is 18.2 Å². The van der Waals surface area contributed by atoms with Crippen molar-refractivity contribution in [3.05, 3.63) is 95.5 Å². The van der Waals surface area contributed by atoms with Gasteiger partial charge in [-0.1, -0.05) is 84.0 Å². The van der Waals surface area contributed by atoms with Gasteiger partial charge >= 0.3 is 0 Å². The number of amidine groups is 1. The predicted molar refractivity (Wildman–Crippen MR) is 127 cm³/mol. The molecular formula is C24H20ClN3O2S. The Balaban J connectivity index is 1.59. The standard InChI is InChI=1S/C24H20ClN3O2S/c25-19-13-7-8-14-20(19)27-23(30)21-15-22(29)28(16-17-9-3-1-4-10-17)24(31-21)26-18-11-5-2-6-12-18/h1-14,21H,15-16H2,(H,27,30). The van der Waals surface area contributed by atoms with Crippen molar-refractivity contribution in [3.63, 3.8) is 0 Å². The molecule has 0 radical (unpaired) electrons. The number of hydrogen-bond acceptors (Lipinski definition) is 4. The molecule has 3 aromatic rings. The first kappa shape index (κ1) is 21.2. The number of benzene rings is 3. The molecule has 31 heavy (non-hydrogen) atoms. The van der Waals surface area contributed by atoms with Crippen LogP contribution in [0.4, 0.5) is 11.4 Å². The van der Waals surface area contributed by atoms with Gasteiger partial charge in [0.1, 0.15) is 5.25 Å². The Morgan fingerprint density at radius 2 is 1.65 bits per heavy atom. The molecule has 0 saturated carbocycles. The average Bonchev–Trinajstić information content (AvgIpc) is 2.79. The van der Waals surface area contributed by atoms with Crippen molar-refractivity contribution in [3.8, 4) is 0 Å². The van der Waals surface area contributed by atoms with E-state index in [0.29, 0.717) is 22.4 Å². The Morgan fingerprint density at radius 1 is 1.00 bits per heavy atom. The number of aliphatic imine (C=N–C) groups is 1. The highest BCUT2D eigenvalue weighted by Gasteiger charge is 2.36. The smallest absolute Gasteiger partial charge is 0.238 e. The fraction of sp³-hybridized carbons (Fsp3) is 0.125. The van der Waals surface area contributed by atoms with Crippen LogP contribution in [-0.4, -0.2) is 27.1 Å². The first-order valence-corrected chi connectivity index (χ1v) is 11.1. The average molecular weight is 450 g/mol. The number of carbonyl (C=O) groups is 2. The molecule has 1 aliphatic heterocycles. The lowest BCUT2D eigenvalue weighted by atomic mass is 10.2. The van der Waals surface area contributed by atoms with Gasteiger partial charge in [0.25, 0.3) is 0 Å². The van der Waals surface area contributed by atoms with E-state index in [0.717, 1.165) is 11.3 Å². The highest BCUT2D eigenvalue weighted by atomic mass is 35.5. The van der Waals surface area contributed by atoms with E-state index in [9.17, 15) is 9.59 Å². The zero-order valence-electron chi connectivity index (χ0n) is 16.6. The van der Waals surface area contributed by atoms with Crippen molar-refractivity contribution in [1.29, 1.82) is 0 Å². The number of nitrogens with one attached hydrogen (secondary N) is 1. The van der Waals surface area contributed by atoms with Gasteiger partial charge in [0, 0.05) is 6.42 Å². The van der Waals surface area contributed by atoms with Crippen molar-refractivity contribution in [2.24, 2.45) is 4.99 Å². The fourth-order valence-electron chi connectivity index (χ4n) is 3.15. The third-order valence-corrected chi connectivity index (χ3v) is 6.25. The summed E-state index contributed by atoms with van der Waals surface area (Å²) in [5.74, 6) is -0.414. The number of para-hydroxylation sites is 2. The normalized spacial score (nSPS) is 17.6. The van der Waals surface area contributed by atoms with E-state index < -0.39 is 5.25 Å². The number of amides is 2. The van der Waals surface area contributed by atoms with Gasteiger partial charge in [-0.05, 0) is 29.8 Å². The van der Waals surface area contributed by atoms with E-state index in [4.69, 9.17) is 11.6 Å². The van der Waals surface area contributed by atoms with Crippen LogP contribution >= 0.6 is 23.4 Å². The summed E-state index contributed by atoms with van der Waals surface area (Å²) in [5, 5.41) is 3.19. The summed E-state index contributed by atoms with van der Waals surface area (Å²) in [7, 11) is 0. The molecule has 3 aromatic carbocycles. The molecule has 0 aromatic heterocycles. The van der Waals surface area contributed by atoms with E-state index in [1.54, 1.807) is 29.2 Å². The summed E-state index contributed by atoms with van der Waals surface area (Å²) in [4.78, 5) is 32.3. The predicted octanol–water partition coefficient (Wildman–Crippen LogP) is 5.50. The maximum absolute atomic E-state index is 13.1. The maximum atomic E-state index is 13.1. The number of rotatable bonds is 5. The molecule has 0 aliphatic carbocycles. The summed E-state index contributed by atoms with van der Waals surface area (Å²) in [6.45, 7) is 0.400. The van der Waals surface area contributed by atoms with E-state index in [1.165, 1.54) is 11.8 Å². The molecule has 7 heteroatoms. The molecule has 0 bridgehead atoms. The minimum Gasteiger partial charge on any atom is -0.324 e. The highest BCUT2D eigenvalue weighted by molar-refractivity contribution is 8.15. The lowest BCUT2D eigenvalue weighted by molar-refractivity contribution is -0.129. The first-order valence-electron chi connectivity index (χ1n) is 9.80. The molecule has 1 N–H and O–H groups in total. The van der Waals surface area contributed by atoms with Crippen LogP contribution in [0.5, 0.6) is 0 Å². The topological polar surface area (TPSA) is 61.8 Å². The van der Waals surface area contributed by atoms with Gasteiger partial charge in [0.05, 0.1) is 22.9 Å². The molecule has 1 heterocycles. The van der Waals surface area contributed by atoms with Crippen LogP contribution in [0.1, 0.15) is 12.0 Å². The second-order valence-electron chi connectivity index (χ2n) is 6.98. The Hall–Kier alpha value is -3.09. The van der Waals surface area contributed by atoms with Gasteiger partial charge in [0.15, 0.2) is 5.17 Å². The number of anilines is 1. The minimum atomic E-state index is -0.599. The van der Waals surface area contributed by atoms with Gasteiger partial charge in [-0.25, -0.2) is 4.99 Å². The molecule has 1 aliphatic rings. The lowest BCUT2D eigenvalue weighted by Gasteiger charge is -2.32. The Morgan fingerprint density at radius 3 is 2.35 bits per heavy atom. The molecule has 2 amide bonds. The third kappa shape index (κ3) is 5.34. The van der Waals surface area contributed by atoms with Gasteiger partial charge in [-0.3, -0.25) is 14.5 Å². The largest absolute Gasteiger partial charge is 0.324 e. The quantitative estimate of drug-likeness (QED) is 0.559. The second kappa shape index (κ2) is 9.81. The molecule has 4 rings (SSSR count). The van der Waals surface area contributed by atoms with Gasteiger partial charge in [-0.2, -0.15) is 0 Å². The van der Waals surface area contributed by atoms with Crippen LogP contribution in [0.25, 0.3) is 0 Å². The van der Waals surface area contributed by atoms with E-state index in [2.05, 4.69) is 10.3 Å². The fourth-order valence-corrected chi connectivity index (χ4v) is 4.43. The highest BCUT2D eigenvalue weighted by Crippen LogP contribution is 2.31. The molecule has 1 unspecified atom stereocenters. The van der Waals surface area contributed by atoms with E-state index in [1.807, 2.05) is 60.7 Å². The summed E-state index contributed by atoms with van der Waals surface area (Å²) < 4.78 is 0. The Bertz CT molecular complexity index is 1110. The molecule has 5 nitrogen and oxygen atoms in total. The summed E-state index contributed by atoms with van der Waals surface area (Å²) in [6.07, 6.45) is 0.0849. The molecule has 0 spiro atoms. The Labute approximate surface area is 190 Å². The third-order valence-electron chi connectivity index (χ3n) is 4.73. The van der Waals surface area contributed by atoms with Crippen molar-refractivity contribution in [1.82, 2.24) is 4.90 Å². The molecule has 1 atom stereocenters. The SMILES string of the molecule is O=C(Nc1ccccc1Cl)C1CC(=O)N(Cc2ccccc2)C(=Nc2ccccc2)S1. The van der Waals surface area contributed by atoms with Crippen LogP contribution in [0.15, 0.2) is 89.9 Å². The lowest BCUT2D eigenvalue weighted by Crippen LogP contribution is -2.44. The number of halogens is 1. The maximum Gasteiger partial charge on any atom is 0.238 e. The summed E-state index contributed by atoms with van der Waals surface area (Å²) in [6, 6.07) is 26.2. The first-order chi connectivity index (χ1) is 15.1. The van der Waals surface area contributed by atoms with Crippen LogP contribution < -0.4 is 5.32 Å². The van der Waals surface area contributed by atoms with Crippen LogP contribution in [-0.2, 0) is 16.1 Å². The number of carbonyl (C=O) groups excluding carboxylic acids is 2. The van der Waals surface area contributed by atoms with Gasteiger partial charge in [-0.15, -0.1) is 0 Å². The molecular weight excluding hydrogens is 430 g/mol. The van der Waals surface area contributed by atoms with Crippen LogP contribution in [0.3, 0.4) is 0 Å². The van der Waals surface area contributed by atoms with Crippen LogP contribution in [0, 0.1) is 0 Å². The number of nitrogens with zero attached hydrogens (tertiary/aromatic N) is 2. The molecule has 156 valence electrons. The summed E-state index contributed by atoms with van der Waals surface area (Å²) in [5.41, 5.74) is 2.25. The number of thioether (sulfide) groups is 1. The number of hydrogen-bond donors (Lipinski definition) is 1. The Kier molecular flexibility index (Phi) is 6.70. The minimum absolute atomic E-state index is 0.0849. The second-order valence-corrected chi connectivity index (χ2v) is 8.55. The van der Waals surface area contributed by atoms with Crippen molar-refractivity contribution < 1.29 is 9.59 Å². The van der Waals surface area contributed by atoms with E-state index in [-0.39, 0.29) is 18.2 Å². The zero-order chi connectivity index (χ0) is 21.6. The molecule has 1 saturated heterocycles. The van der Waals surface area contributed by atoms with Gasteiger partial charge in [0.2, 0.25) is 11.8 Å². The van der Waals surface area contributed by atoms with Crippen molar-refractivity contribution in [2.75, 3.05) is 5.32 Å². The van der Waals surface area contributed by atoms with Crippen LogP contribution in [0.2, 0.25) is 5.02 Å². The van der Waals surface area contributed by atoms with Crippen molar-refractivity contribution >= 4 is 51.7 Å². The van der Waals surface area contributed by atoms with E-state index >= 15 is 0 Å². The van der Waals surface area contributed by atoms with Gasteiger partial charge < -0.3 is 5.32 Å².